The largest absolute Gasteiger partial charge is 0.493 e. The van der Waals surface area contributed by atoms with E-state index >= 15 is 0 Å². The van der Waals surface area contributed by atoms with E-state index in [1.165, 1.54) is 17.7 Å². The summed E-state index contributed by atoms with van der Waals surface area (Å²) in [5.74, 6) is 2.52. The Morgan fingerprint density at radius 3 is 2.52 bits per heavy atom. The third-order valence-corrected chi connectivity index (χ3v) is 5.74. The van der Waals surface area contributed by atoms with Gasteiger partial charge in [0.1, 0.15) is 18.2 Å². The number of rotatable bonds is 8. The Morgan fingerprint density at radius 1 is 0.935 bits per heavy atom. The van der Waals surface area contributed by atoms with E-state index in [-0.39, 0.29) is 5.82 Å². The van der Waals surface area contributed by atoms with Crippen LogP contribution in [0, 0.1) is 11.7 Å². The van der Waals surface area contributed by atoms with Gasteiger partial charge >= 0.3 is 0 Å². The third-order valence-electron chi connectivity index (χ3n) is 5.74. The molecule has 5 heteroatoms. The number of nitrogens with one attached hydrogen (secondary N) is 1. The second-order valence-electron chi connectivity index (χ2n) is 7.81. The number of hydrogen-bond acceptors (Lipinski definition) is 4. The molecule has 0 radical (unpaired) electrons. The molecule has 0 spiro atoms. The van der Waals surface area contributed by atoms with Crippen molar-refractivity contribution in [3.63, 3.8) is 0 Å². The molecule has 0 saturated carbocycles. The smallest absolute Gasteiger partial charge is 0.164 e. The van der Waals surface area contributed by atoms with Gasteiger partial charge in [-0.15, -0.1) is 0 Å². The molecule has 1 aliphatic rings. The van der Waals surface area contributed by atoms with Crippen molar-refractivity contribution < 1.29 is 18.6 Å². The summed E-state index contributed by atoms with van der Waals surface area (Å²) < 4.78 is 30.9. The molecular weight excluding hydrogens is 393 g/mol. The molecule has 0 aliphatic carbocycles. The molecule has 1 fully saturated rings. The summed E-state index contributed by atoms with van der Waals surface area (Å²) in [6, 6.07) is 22.5. The van der Waals surface area contributed by atoms with Crippen LogP contribution in [0.4, 0.5) is 4.39 Å². The minimum atomic E-state index is -0.202. The summed E-state index contributed by atoms with van der Waals surface area (Å²) in [4.78, 5) is 0. The number of hydrogen-bond donors (Lipinski definition) is 1. The van der Waals surface area contributed by atoms with Gasteiger partial charge < -0.3 is 19.5 Å². The zero-order chi connectivity index (χ0) is 21.5. The number of halogens is 1. The van der Waals surface area contributed by atoms with Crippen LogP contribution in [0.5, 0.6) is 17.2 Å². The van der Waals surface area contributed by atoms with Crippen LogP contribution in [0.2, 0.25) is 0 Å². The minimum absolute atomic E-state index is 0.202. The zero-order valence-electron chi connectivity index (χ0n) is 17.7. The van der Waals surface area contributed by atoms with E-state index in [9.17, 15) is 4.39 Å². The van der Waals surface area contributed by atoms with Gasteiger partial charge in [-0.1, -0.05) is 42.5 Å². The second-order valence-corrected chi connectivity index (χ2v) is 7.81. The highest BCUT2D eigenvalue weighted by Gasteiger charge is 2.27. The van der Waals surface area contributed by atoms with Gasteiger partial charge in [0.25, 0.3) is 0 Å². The molecule has 0 aromatic heterocycles. The quantitative estimate of drug-likeness (QED) is 0.544. The topological polar surface area (TPSA) is 39.7 Å². The highest BCUT2D eigenvalue weighted by molar-refractivity contribution is 5.45. The van der Waals surface area contributed by atoms with Crippen LogP contribution in [0.3, 0.4) is 0 Å². The van der Waals surface area contributed by atoms with Crippen molar-refractivity contribution in [2.75, 3.05) is 26.8 Å². The van der Waals surface area contributed by atoms with E-state index in [2.05, 4.69) is 5.32 Å². The van der Waals surface area contributed by atoms with Crippen molar-refractivity contribution in [3.8, 4) is 17.2 Å². The molecular formula is C26H28FNO3. The van der Waals surface area contributed by atoms with Crippen molar-refractivity contribution in [1.29, 1.82) is 0 Å². The van der Waals surface area contributed by atoms with E-state index < -0.39 is 0 Å². The molecule has 1 N–H and O–H groups in total. The van der Waals surface area contributed by atoms with Gasteiger partial charge in [0.05, 0.1) is 13.7 Å². The number of benzene rings is 3. The van der Waals surface area contributed by atoms with Crippen LogP contribution in [0.15, 0.2) is 72.8 Å². The standard InChI is InChI=1S/C26H28FNO3/c1-29-26-15-23(11-12-25(26)31-17-19-5-3-2-4-6-19)30-18-21-16-28-14-13-24(21)20-7-9-22(27)10-8-20/h2-12,15,21,24,28H,13-14,16-18H2,1H3/t21-,24-/m0/s1. The molecule has 1 saturated heterocycles. The molecule has 4 nitrogen and oxygen atoms in total. The van der Waals surface area contributed by atoms with E-state index in [1.54, 1.807) is 7.11 Å². The molecule has 1 heterocycles. The maximum atomic E-state index is 13.3. The maximum absolute atomic E-state index is 13.3. The summed E-state index contributed by atoms with van der Waals surface area (Å²) >= 11 is 0. The molecule has 4 rings (SSSR count). The van der Waals surface area contributed by atoms with Gasteiger partial charge in [-0.3, -0.25) is 0 Å². The van der Waals surface area contributed by atoms with E-state index in [0.29, 0.717) is 36.5 Å². The summed E-state index contributed by atoms with van der Waals surface area (Å²) in [7, 11) is 1.63. The Balaban J connectivity index is 1.39. The summed E-state index contributed by atoms with van der Waals surface area (Å²) in [6.45, 7) is 2.88. The Hall–Kier alpha value is -3.05. The molecule has 1 aliphatic heterocycles. The Bertz CT molecular complexity index is 962. The first-order valence-electron chi connectivity index (χ1n) is 10.7. The van der Waals surface area contributed by atoms with E-state index in [1.807, 2.05) is 60.7 Å². The van der Waals surface area contributed by atoms with Crippen molar-refractivity contribution in [2.45, 2.75) is 18.9 Å². The third kappa shape index (κ3) is 5.56. The Morgan fingerprint density at radius 2 is 1.74 bits per heavy atom. The van der Waals surface area contributed by atoms with Gasteiger partial charge in [-0.25, -0.2) is 4.39 Å². The fourth-order valence-corrected chi connectivity index (χ4v) is 4.04. The van der Waals surface area contributed by atoms with Crippen molar-refractivity contribution in [1.82, 2.24) is 5.32 Å². The van der Waals surface area contributed by atoms with Crippen molar-refractivity contribution >= 4 is 0 Å². The lowest BCUT2D eigenvalue weighted by Crippen LogP contribution is -2.38. The SMILES string of the molecule is COc1cc(OC[C@@H]2CNCC[C@H]2c2ccc(F)cc2)ccc1OCc1ccccc1. The Labute approximate surface area is 183 Å². The maximum Gasteiger partial charge on any atom is 0.164 e. The summed E-state index contributed by atoms with van der Waals surface area (Å²) in [5.41, 5.74) is 2.26. The fraction of sp³-hybridized carbons (Fsp3) is 0.308. The number of ether oxygens (including phenoxy) is 3. The Kier molecular flexibility index (Phi) is 7.05. The molecule has 0 bridgehead atoms. The first kappa shape index (κ1) is 21.2. The normalized spacial score (nSPS) is 18.4. The van der Waals surface area contributed by atoms with Crippen LogP contribution < -0.4 is 19.5 Å². The predicted molar refractivity (Wildman–Crippen MR) is 119 cm³/mol. The van der Waals surface area contributed by atoms with E-state index in [4.69, 9.17) is 14.2 Å². The van der Waals surface area contributed by atoms with Crippen molar-refractivity contribution in [2.24, 2.45) is 5.92 Å². The predicted octanol–water partition coefficient (Wildman–Crippen LogP) is 5.19. The van der Waals surface area contributed by atoms with Gasteiger partial charge in [0.15, 0.2) is 11.5 Å². The minimum Gasteiger partial charge on any atom is -0.493 e. The van der Waals surface area contributed by atoms with Gasteiger partial charge in [0, 0.05) is 18.5 Å². The van der Waals surface area contributed by atoms with Crippen LogP contribution >= 0.6 is 0 Å². The number of methoxy groups -OCH3 is 1. The highest BCUT2D eigenvalue weighted by Crippen LogP contribution is 2.34. The molecule has 0 amide bonds. The summed E-state index contributed by atoms with van der Waals surface area (Å²) in [5, 5.41) is 3.45. The lowest BCUT2D eigenvalue weighted by atomic mass is 9.81. The monoisotopic (exact) mass is 421 g/mol. The lowest BCUT2D eigenvalue weighted by Gasteiger charge is -2.32. The zero-order valence-corrected chi connectivity index (χ0v) is 17.7. The first-order valence-corrected chi connectivity index (χ1v) is 10.7. The summed E-state index contributed by atoms with van der Waals surface area (Å²) in [6.07, 6.45) is 1.01. The van der Waals surface area contributed by atoms with Crippen molar-refractivity contribution in [3.05, 3.63) is 89.7 Å². The van der Waals surface area contributed by atoms with Crippen LogP contribution in [0.25, 0.3) is 0 Å². The second kappa shape index (κ2) is 10.3. The highest BCUT2D eigenvalue weighted by atomic mass is 19.1. The van der Waals surface area contributed by atoms with E-state index in [0.717, 1.165) is 30.8 Å². The number of piperidine rings is 1. The molecule has 162 valence electrons. The average Bonchev–Trinajstić information content (AvgIpc) is 2.83. The van der Waals surface area contributed by atoms with Crippen LogP contribution in [-0.4, -0.2) is 26.8 Å². The van der Waals surface area contributed by atoms with Gasteiger partial charge in [-0.2, -0.15) is 0 Å². The van der Waals surface area contributed by atoms with Crippen LogP contribution in [0.1, 0.15) is 23.5 Å². The molecule has 31 heavy (non-hydrogen) atoms. The first-order chi connectivity index (χ1) is 15.2. The average molecular weight is 422 g/mol. The van der Waals surface area contributed by atoms with Gasteiger partial charge in [-0.05, 0) is 54.3 Å². The van der Waals surface area contributed by atoms with Gasteiger partial charge in [0.2, 0.25) is 0 Å². The molecule has 0 unspecified atom stereocenters. The van der Waals surface area contributed by atoms with Crippen LogP contribution in [-0.2, 0) is 6.61 Å². The molecule has 3 aromatic rings. The fourth-order valence-electron chi connectivity index (χ4n) is 4.04. The lowest BCUT2D eigenvalue weighted by molar-refractivity contribution is 0.196. The molecule has 2 atom stereocenters. The molecule has 3 aromatic carbocycles.